The maximum Gasteiger partial charge on any atom is 0.234 e. The lowest BCUT2D eigenvalue weighted by atomic mass is 10.0. The van der Waals surface area contributed by atoms with Crippen LogP contribution < -0.4 is 5.32 Å². The highest BCUT2D eigenvalue weighted by atomic mass is 35.5. The van der Waals surface area contributed by atoms with Gasteiger partial charge in [-0.3, -0.25) is 4.79 Å². The maximum absolute atomic E-state index is 12.2. The van der Waals surface area contributed by atoms with Crippen LogP contribution >= 0.6 is 11.6 Å². The van der Waals surface area contributed by atoms with E-state index in [0.29, 0.717) is 13.1 Å². The number of carbonyl (C=O) groups is 1. The number of hydrogen-bond acceptors (Lipinski definition) is 3. The van der Waals surface area contributed by atoms with Gasteiger partial charge in [-0.05, 0) is 17.5 Å². The van der Waals surface area contributed by atoms with E-state index in [2.05, 4.69) is 5.32 Å². The number of carbonyl (C=O) groups excluding carboxylic acids is 1. The molecule has 1 N–H and O–H groups in total. The van der Waals surface area contributed by atoms with Gasteiger partial charge in [0, 0.05) is 19.6 Å². The zero-order valence-electron chi connectivity index (χ0n) is 11.0. The average Bonchev–Trinajstić information content (AvgIpc) is 2.46. The summed E-state index contributed by atoms with van der Waals surface area (Å²) in [5.74, 6) is -0.611. The molecule has 1 amide bonds. The second-order valence-electron chi connectivity index (χ2n) is 4.65. The van der Waals surface area contributed by atoms with Crippen molar-refractivity contribution in [2.75, 3.05) is 24.7 Å². The van der Waals surface area contributed by atoms with Crippen LogP contribution in [-0.4, -0.2) is 43.4 Å². The molecular weight excluding hydrogens is 300 g/mol. The number of rotatable bonds is 5. The molecule has 20 heavy (non-hydrogen) atoms. The Balaban J connectivity index is 1.96. The molecule has 0 radical (unpaired) electrons. The van der Waals surface area contributed by atoms with Gasteiger partial charge >= 0.3 is 0 Å². The van der Waals surface area contributed by atoms with Crippen molar-refractivity contribution in [1.29, 1.82) is 0 Å². The van der Waals surface area contributed by atoms with Gasteiger partial charge in [-0.2, -0.15) is 4.31 Å². The summed E-state index contributed by atoms with van der Waals surface area (Å²) >= 11 is 5.33. The molecule has 0 saturated carbocycles. The van der Waals surface area contributed by atoms with Gasteiger partial charge in [-0.15, -0.1) is 11.6 Å². The molecule has 5 nitrogen and oxygen atoms in total. The Morgan fingerprint density at radius 2 is 2.00 bits per heavy atom. The lowest BCUT2D eigenvalue weighted by Gasteiger charge is -2.28. The summed E-state index contributed by atoms with van der Waals surface area (Å²) in [7, 11) is -3.35. The molecule has 0 fully saturated rings. The van der Waals surface area contributed by atoms with Gasteiger partial charge < -0.3 is 5.32 Å². The van der Waals surface area contributed by atoms with E-state index in [1.807, 2.05) is 24.3 Å². The minimum Gasteiger partial charge on any atom is -0.354 e. The number of sulfonamides is 1. The Hall–Kier alpha value is -1.11. The summed E-state index contributed by atoms with van der Waals surface area (Å²) in [4.78, 5) is 11.0. The molecule has 1 aromatic carbocycles. The molecule has 0 bridgehead atoms. The molecule has 0 atom stereocenters. The molecule has 2 rings (SSSR count). The molecule has 1 aliphatic rings. The van der Waals surface area contributed by atoms with E-state index in [0.717, 1.165) is 12.0 Å². The average molecular weight is 317 g/mol. The van der Waals surface area contributed by atoms with Crippen LogP contribution in [0.3, 0.4) is 0 Å². The van der Waals surface area contributed by atoms with Crippen molar-refractivity contribution in [3.8, 4) is 0 Å². The van der Waals surface area contributed by atoms with Gasteiger partial charge in [0.25, 0.3) is 0 Å². The zero-order chi connectivity index (χ0) is 14.6. The Morgan fingerprint density at radius 3 is 2.70 bits per heavy atom. The van der Waals surface area contributed by atoms with Crippen LogP contribution in [0.2, 0.25) is 0 Å². The predicted molar refractivity (Wildman–Crippen MR) is 78.1 cm³/mol. The SMILES string of the molecule is O=C(CCl)NCCS(=O)(=O)N1CCc2ccccc2C1. The second kappa shape index (κ2) is 6.56. The van der Waals surface area contributed by atoms with Crippen molar-refractivity contribution in [3.05, 3.63) is 35.4 Å². The van der Waals surface area contributed by atoms with Crippen LogP contribution in [-0.2, 0) is 27.8 Å². The summed E-state index contributed by atoms with van der Waals surface area (Å²) in [5, 5.41) is 2.47. The Morgan fingerprint density at radius 1 is 1.30 bits per heavy atom. The van der Waals surface area contributed by atoms with Crippen molar-refractivity contribution in [3.63, 3.8) is 0 Å². The minimum absolute atomic E-state index is 0.0893. The van der Waals surface area contributed by atoms with Crippen LogP contribution in [0.25, 0.3) is 0 Å². The maximum atomic E-state index is 12.2. The molecule has 110 valence electrons. The molecule has 1 heterocycles. The third-order valence-corrected chi connectivity index (χ3v) is 5.35. The first-order chi connectivity index (χ1) is 9.53. The Bertz CT molecular complexity index is 589. The molecule has 7 heteroatoms. The van der Waals surface area contributed by atoms with E-state index in [1.54, 1.807) is 0 Å². The quantitative estimate of drug-likeness (QED) is 0.814. The van der Waals surface area contributed by atoms with E-state index in [9.17, 15) is 13.2 Å². The fraction of sp³-hybridized carbons (Fsp3) is 0.462. The Kier molecular flexibility index (Phi) is 5.01. The first-order valence-corrected chi connectivity index (χ1v) is 8.54. The number of hydrogen-bond donors (Lipinski definition) is 1. The lowest BCUT2D eigenvalue weighted by molar-refractivity contribution is -0.118. The van der Waals surface area contributed by atoms with Crippen LogP contribution in [0.4, 0.5) is 0 Å². The van der Waals surface area contributed by atoms with Crippen molar-refractivity contribution in [2.24, 2.45) is 0 Å². The normalized spacial score (nSPS) is 15.7. The van der Waals surface area contributed by atoms with Crippen molar-refractivity contribution >= 4 is 27.5 Å². The summed E-state index contributed by atoms with van der Waals surface area (Å²) < 4.78 is 25.9. The monoisotopic (exact) mass is 316 g/mol. The molecule has 0 spiro atoms. The van der Waals surface area contributed by atoms with Crippen molar-refractivity contribution in [1.82, 2.24) is 9.62 Å². The van der Waals surface area contributed by atoms with Gasteiger partial charge in [-0.1, -0.05) is 24.3 Å². The van der Waals surface area contributed by atoms with Crippen LogP contribution in [0.1, 0.15) is 11.1 Å². The molecule has 1 aromatic rings. The predicted octanol–water partition coefficient (Wildman–Crippen LogP) is 0.729. The van der Waals surface area contributed by atoms with Gasteiger partial charge in [0.15, 0.2) is 0 Å². The molecule has 0 aromatic heterocycles. The number of alkyl halides is 1. The van der Waals surface area contributed by atoms with Gasteiger partial charge in [-0.25, -0.2) is 8.42 Å². The fourth-order valence-corrected chi connectivity index (χ4v) is 3.62. The van der Waals surface area contributed by atoms with Crippen molar-refractivity contribution in [2.45, 2.75) is 13.0 Å². The molecule has 1 aliphatic heterocycles. The third kappa shape index (κ3) is 3.71. The van der Waals surface area contributed by atoms with Gasteiger partial charge in [0.1, 0.15) is 5.88 Å². The Labute approximate surface area is 124 Å². The van der Waals surface area contributed by atoms with Crippen molar-refractivity contribution < 1.29 is 13.2 Å². The van der Waals surface area contributed by atoms with E-state index < -0.39 is 10.0 Å². The summed E-state index contributed by atoms with van der Waals surface area (Å²) in [5.41, 5.74) is 2.25. The first kappa shape index (κ1) is 15.3. The summed E-state index contributed by atoms with van der Waals surface area (Å²) in [6, 6.07) is 7.85. The number of halogens is 1. The van der Waals surface area contributed by atoms with E-state index in [-0.39, 0.29) is 24.1 Å². The lowest BCUT2D eigenvalue weighted by Crippen LogP contribution is -2.40. The zero-order valence-corrected chi connectivity index (χ0v) is 12.6. The summed E-state index contributed by atoms with van der Waals surface area (Å²) in [6.07, 6.45) is 0.726. The number of amides is 1. The minimum atomic E-state index is -3.35. The van der Waals surface area contributed by atoms with Gasteiger partial charge in [0.2, 0.25) is 15.9 Å². The van der Waals surface area contributed by atoms with Crippen LogP contribution in [0.15, 0.2) is 24.3 Å². The van der Waals surface area contributed by atoms with E-state index in [4.69, 9.17) is 11.6 Å². The topological polar surface area (TPSA) is 66.5 Å². The van der Waals surface area contributed by atoms with E-state index in [1.165, 1.54) is 9.87 Å². The summed E-state index contributed by atoms with van der Waals surface area (Å²) in [6.45, 7) is 0.983. The standard InChI is InChI=1S/C13H17ClN2O3S/c14-9-13(17)15-6-8-20(18,19)16-7-5-11-3-1-2-4-12(11)10-16/h1-4H,5-10H2,(H,15,17). The third-order valence-electron chi connectivity index (χ3n) is 3.29. The van der Waals surface area contributed by atoms with Crippen LogP contribution in [0, 0.1) is 0 Å². The molecule has 0 unspecified atom stereocenters. The van der Waals surface area contributed by atoms with Gasteiger partial charge in [0.05, 0.1) is 5.75 Å². The smallest absolute Gasteiger partial charge is 0.234 e. The number of nitrogens with zero attached hydrogens (tertiary/aromatic N) is 1. The largest absolute Gasteiger partial charge is 0.354 e. The number of nitrogens with one attached hydrogen (secondary N) is 1. The highest BCUT2D eigenvalue weighted by Gasteiger charge is 2.26. The van der Waals surface area contributed by atoms with Crippen LogP contribution in [0.5, 0.6) is 0 Å². The first-order valence-electron chi connectivity index (χ1n) is 6.40. The van der Waals surface area contributed by atoms with E-state index >= 15 is 0 Å². The number of benzene rings is 1. The highest BCUT2D eigenvalue weighted by molar-refractivity contribution is 7.89. The molecular formula is C13H17ClN2O3S. The fourth-order valence-electron chi connectivity index (χ4n) is 2.20. The number of fused-ring (bicyclic) bond motifs is 1. The molecule has 0 aliphatic carbocycles. The second-order valence-corrected chi connectivity index (χ2v) is 7.01. The molecule has 0 saturated heterocycles. The highest BCUT2D eigenvalue weighted by Crippen LogP contribution is 2.20.